The molecule has 0 aliphatic rings. The van der Waals surface area contributed by atoms with Gasteiger partial charge in [-0.05, 0) is 52.2 Å². The molecule has 2 aromatic carbocycles. The van der Waals surface area contributed by atoms with Crippen LogP contribution in [0.2, 0.25) is 0 Å². The van der Waals surface area contributed by atoms with E-state index in [1.54, 1.807) is 24.3 Å². The van der Waals surface area contributed by atoms with E-state index in [4.69, 9.17) is 5.84 Å². The number of hydrazine groups is 1. The van der Waals surface area contributed by atoms with E-state index in [9.17, 15) is 8.78 Å². The van der Waals surface area contributed by atoms with E-state index in [0.717, 1.165) is 4.47 Å². The van der Waals surface area contributed by atoms with Gasteiger partial charge in [-0.1, -0.05) is 28.1 Å². The zero-order chi connectivity index (χ0) is 14.7. The van der Waals surface area contributed by atoms with Crippen LogP contribution < -0.4 is 11.3 Å². The molecule has 1 atom stereocenters. The summed E-state index contributed by atoms with van der Waals surface area (Å²) in [6, 6.07) is 8.93. The molecule has 0 aromatic heterocycles. The lowest BCUT2D eigenvalue weighted by Crippen LogP contribution is -2.30. The molecule has 3 N–H and O–H groups in total. The summed E-state index contributed by atoms with van der Waals surface area (Å²) in [5.74, 6) is 4.81. The van der Waals surface area contributed by atoms with Gasteiger partial charge in [-0.2, -0.15) is 0 Å². The Balaban J connectivity index is 2.34. The minimum Gasteiger partial charge on any atom is -0.271 e. The fourth-order valence-electron chi connectivity index (χ4n) is 1.97. The number of hydrogen-bond acceptors (Lipinski definition) is 2. The van der Waals surface area contributed by atoms with Gasteiger partial charge in [0.05, 0.1) is 10.5 Å². The third-order valence-corrected chi connectivity index (χ3v) is 4.37. The van der Waals surface area contributed by atoms with Crippen molar-refractivity contribution in [2.45, 2.75) is 12.5 Å². The van der Waals surface area contributed by atoms with Crippen LogP contribution in [-0.4, -0.2) is 0 Å². The van der Waals surface area contributed by atoms with E-state index in [1.807, 2.05) is 0 Å². The lowest BCUT2D eigenvalue weighted by Gasteiger charge is -2.18. The van der Waals surface area contributed by atoms with Crippen LogP contribution in [0.25, 0.3) is 0 Å². The lowest BCUT2D eigenvalue weighted by molar-refractivity contribution is 0.508. The van der Waals surface area contributed by atoms with Crippen LogP contribution in [0, 0.1) is 11.6 Å². The van der Waals surface area contributed by atoms with E-state index < -0.39 is 6.04 Å². The molecule has 6 heteroatoms. The Hall–Kier alpha value is -0.820. The van der Waals surface area contributed by atoms with Gasteiger partial charge >= 0.3 is 0 Å². The average Bonchev–Trinajstić information content (AvgIpc) is 2.43. The second kappa shape index (κ2) is 6.76. The summed E-state index contributed by atoms with van der Waals surface area (Å²) < 4.78 is 28.5. The summed E-state index contributed by atoms with van der Waals surface area (Å²) in [5.41, 5.74) is 3.72. The zero-order valence-electron chi connectivity index (χ0n) is 10.3. The standard InChI is InChI=1S/C14H12Br2F2N2/c15-9-4-5-11(17)10(7-9)13(20-19)6-8-2-1-3-12(18)14(8)16/h1-5,7,13,20H,6,19H2. The predicted octanol–water partition coefficient (Wildman–Crippen LogP) is 4.24. The van der Waals surface area contributed by atoms with Gasteiger partial charge in [0.15, 0.2) is 0 Å². The van der Waals surface area contributed by atoms with Crippen LogP contribution in [0.5, 0.6) is 0 Å². The number of nitrogens with one attached hydrogen (secondary N) is 1. The monoisotopic (exact) mass is 404 g/mol. The fourth-order valence-corrected chi connectivity index (χ4v) is 2.77. The van der Waals surface area contributed by atoms with E-state index in [0.29, 0.717) is 22.0 Å². The molecule has 0 radical (unpaired) electrons. The van der Waals surface area contributed by atoms with Crippen LogP contribution in [0.1, 0.15) is 17.2 Å². The molecule has 0 fully saturated rings. The van der Waals surface area contributed by atoms with Crippen LogP contribution in [-0.2, 0) is 6.42 Å². The maximum absolute atomic E-state index is 13.9. The van der Waals surface area contributed by atoms with Gasteiger partial charge in [-0.25, -0.2) is 8.78 Å². The molecule has 20 heavy (non-hydrogen) atoms. The quantitative estimate of drug-likeness (QED) is 0.589. The first-order valence-electron chi connectivity index (χ1n) is 5.87. The maximum Gasteiger partial charge on any atom is 0.137 e. The molecule has 106 valence electrons. The highest BCUT2D eigenvalue weighted by Crippen LogP contribution is 2.28. The van der Waals surface area contributed by atoms with Crippen molar-refractivity contribution in [1.29, 1.82) is 0 Å². The number of benzene rings is 2. The molecule has 0 saturated heterocycles. The van der Waals surface area contributed by atoms with Crippen LogP contribution in [0.15, 0.2) is 45.3 Å². The SMILES string of the molecule is NNC(Cc1cccc(F)c1Br)c1cc(Br)ccc1F. The summed E-state index contributed by atoms with van der Waals surface area (Å²) in [5, 5.41) is 0. The Morgan fingerprint density at radius 2 is 1.85 bits per heavy atom. The normalized spacial score (nSPS) is 12.4. The Morgan fingerprint density at radius 3 is 2.55 bits per heavy atom. The number of nitrogens with two attached hydrogens (primary N) is 1. The van der Waals surface area contributed by atoms with Gasteiger partial charge in [-0.3, -0.25) is 11.3 Å². The van der Waals surface area contributed by atoms with E-state index >= 15 is 0 Å². The molecule has 0 heterocycles. The highest BCUT2D eigenvalue weighted by atomic mass is 79.9. The Labute approximate surface area is 132 Å². The topological polar surface area (TPSA) is 38.0 Å². The molecular weight excluding hydrogens is 394 g/mol. The molecule has 0 bridgehead atoms. The lowest BCUT2D eigenvalue weighted by atomic mass is 9.99. The molecule has 0 aliphatic heterocycles. The maximum atomic E-state index is 13.9. The van der Waals surface area contributed by atoms with Crippen LogP contribution in [0.3, 0.4) is 0 Å². The van der Waals surface area contributed by atoms with Crippen molar-refractivity contribution in [2.75, 3.05) is 0 Å². The van der Waals surface area contributed by atoms with Crippen LogP contribution >= 0.6 is 31.9 Å². The molecule has 0 aliphatic carbocycles. The molecule has 0 amide bonds. The van der Waals surface area contributed by atoms with Gasteiger partial charge in [0.25, 0.3) is 0 Å². The minimum atomic E-state index is -0.453. The molecule has 2 aromatic rings. The van der Waals surface area contributed by atoms with Gasteiger partial charge in [-0.15, -0.1) is 0 Å². The van der Waals surface area contributed by atoms with Crippen LogP contribution in [0.4, 0.5) is 8.78 Å². The third-order valence-electron chi connectivity index (χ3n) is 2.99. The summed E-state index contributed by atoms with van der Waals surface area (Å²) in [6.07, 6.45) is 0.363. The first-order valence-corrected chi connectivity index (χ1v) is 7.45. The molecule has 0 spiro atoms. The fraction of sp³-hybridized carbons (Fsp3) is 0.143. The molecule has 1 unspecified atom stereocenters. The van der Waals surface area contributed by atoms with E-state index in [2.05, 4.69) is 37.3 Å². The van der Waals surface area contributed by atoms with Gasteiger partial charge in [0, 0.05) is 10.0 Å². The van der Waals surface area contributed by atoms with E-state index in [1.165, 1.54) is 12.1 Å². The average molecular weight is 406 g/mol. The first-order chi connectivity index (χ1) is 9.52. The first kappa shape index (κ1) is 15.6. The van der Waals surface area contributed by atoms with Crippen molar-refractivity contribution in [1.82, 2.24) is 5.43 Å². The Bertz CT molecular complexity index is 620. The van der Waals surface area contributed by atoms with Crippen molar-refractivity contribution >= 4 is 31.9 Å². The zero-order valence-corrected chi connectivity index (χ0v) is 13.5. The number of halogens is 4. The molecule has 0 saturated carbocycles. The van der Waals surface area contributed by atoms with Crippen molar-refractivity contribution < 1.29 is 8.78 Å². The number of hydrogen-bond donors (Lipinski definition) is 2. The van der Waals surface area contributed by atoms with Gasteiger partial charge in [0.2, 0.25) is 0 Å². The minimum absolute atomic E-state index is 0.354. The molecular formula is C14H12Br2F2N2. The predicted molar refractivity (Wildman–Crippen MR) is 82.0 cm³/mol. The van der Waals surface area contributed by atoms with E-state index in [-0.39, 0.29) is 11.6 Å². The Morgan fingerprint density at radius 1 is 1.10 bits per heavy atom. The van der Waals surface area contributed by atoms with Crippen molar-refractivity contribution in [2.24, 2.45) is 5.84 Å². The summed E-state index contributed by atoms with van der Waals surface area (Å²) in [6.45, 7) is 0. The summed E-state index contributed by atoms with van der Waals surface area (Å²) in [7, 11) is 0. The smallest absolute Gasteiger partial charge is 0.137 e. The second-order valence-corrected chi connectivity index (χ2v) is 6.01. The highest BCUT2D eigenvalue weighted by Gasteiger charge is 2.17. The summed E-state index contributed by atoms with van der Waals surface area (Å²) >= 11 is 6.50. The Kier molecular flexibility index (Phi) is 5.26. The summed E-state index contributed by atoms with van der Waals surface area (Å²) in [4.78, 5) is 0. The highest BCUT2D eigenvalue weighted by molar-refractivity contribution is 9.10. The van der Waals surface area contributed by atoms with Crippen molar-refractivity contribution in [3.05, 3.63) is 68.1 Å². The largest absolute Gasteiger partial charge is 0.271 e. The van der Waals surface area contributed by atoms with Gasteiger partial charge in [0.1, 0.15) is 11.6 Å². The van der Waals surface area contributed by atoms with Crippen molar-refractivity contribution in [3.63, 3.8) is 0 Å². The second-order valence-electron chi connectivity index (χ2n) is 4.30. The molecule has 2 rings (SSSR count). The third kappa shape index (κ3) is 3.44. The number of rotatable bonds is 4. The van der Waals surface area contributed by atoms with Crippen molar-refractivity contribution in [3.8, 4) is 0 Å². The van der Waals surface area contributed by atoms with Gasteiger partial charge < -0.3 is 0 Å². The molecule has 2 nitrogen and oxygen atoms in total.